The molecule has 5 heteroatoms. The van der Waals surface area contributed by atoms with Gasteiger partial charge in [-0.3, -0.25) is 4.55 Å². The molecular weight excluding hydrogens is 384 g/mol. The van der Waals surface area contributed by atoms with Gasteiger partial charge in [-0.15, -0.1) is 0 Å². The molecule has 0 bridgehead atoms. The summed E-state index contributed by atoms with van der Waals surface area (Å²) in [4.78, 5) is 0. The first kappa shape index (κ1) is 23.4. The van der Waals surface area contributed by atoms with E-state index in [9.17, 15) is 8.42 Å². The summed E-state index contributed by atoms with van der Waals surface area (Å²) >= 11 is 0. The summed E-state index contributed by atoms with van der Waals surface area (Å²) in [7, 11) is -4.57. The van der Waals surface area contributed by atoms with E-state index in [-0.39, 0.29) is 5.75 Å². The Kier molecular flexibility index (Phi) is 10.2. The van der Waals surface area contributed by atoms with Gasteiger partial charge in [0.1, 0.15) is 0 Å². The third-order valence-corrected chi connectivity index (χ3v) is 5.56. The van der Waals surface area contributed by atoms with Gasteiger partial charge in [0, 0.05) is 5.56 Å². The lowest BCUT2D eigenvalue weighted by Crippen LogP contribution is -2.08. The third-order valence-electron chi connectivity index (χ3n) is 5.17. The zero-order valence-corrected chi connectivity index (χ0v) is 18.3. The van der Waals surface area contributed by atoms with Gasteiger partial charge in [-0.1, -0.05) is 107 Å². The summed E-state index contributed by atoms with van der Waals surface area (Å²) < 4.78 is 36.5. The Morgan fingerprint density at radius 1 is 0.759 bits per heavy atom. The van der Waals surface area contributed by atoms with E-state index in [0.29, 0.717) is 0 Å². The number of rotatable bonds is 14. The maximum absolute atomic E-state index is 11.3. The van der Waals surface area contributed by atoms with Crippen molar-refractivity contribution in [2.45, 2.75) is 77.6 Å². The Morgan fingerprint density at radius 2 is 1.34 bits per heavy atom. The summed E-state index contributed by atoms with van der Waals surface area (Å²) in [5.41, 5.74) is 2.66. The molecule has 0 radical (unpaired) electrons. The molecule has 1 N–H and O–H groups in total. The topological polar surface area (TPSA) is 63.6 Å². The van der Waals surface area contributed by atoms with Gasteiger partial charge < -0.3 is 4.18 Å². The summed E-state index contributed by atoms with van der Waals surface area (Å²) in [6.45, 7) is 2.24. The van der Waals surface area contributed by atoms with Gasteiger partial charge in [0.15, 0.2) is 5.75 Å². The largest absolute Gasteiger partial charge is 0.446 e. The molecule has 0 fully saturated rings. The molecule has 4 nitrogen and oxygen atoms in total. The van der Waals surface area contributed by atoms with Crippen molar-refractivity contribution in [3.8, 4) is 16.9 Å². The van der Waals surface area contributed by atoms with E-state index in [4.69, 9.17) is 8.74 Å². The van der Waals surface area contributed by atoms with Crippen LogP contribution in [0.15, 0.2) is 48.5 Å². The van der Waals surface area contributed by atoms with E-state index in [0.717, 1.165) is 36.0 Å². The smallest absolute Gasteiger partial charge is 0.361 e. The molecule has 2 aromatic carbocycles. The van der Waals surface area contributed by atoms with E-state index in [1.54, 1.807) is 12.1 Å². The molecule has 0 saturated carbocycles. The minimum Gasteiger partial charge on any atom is -0.361 e. The molecule has 29 heavy (non-hydrogen) atoms. The van der Waals surface area contributed by atoms with E-state index < -0.39 is 10.4 Å². The van der Waals surface area contributed by atoms with Crippen molar-refractivity contribution in [3.05, 3.63) is 54.1 Å². The molecule has 0 amide bonds. The van der Waals surface area contributed by atoms with Crippen molar-refractivity contribution in [2.75, 3.05) is 0 Å². The molecule has 0 unspecified atom stereocenters. The van der Waals surface area contributed by atoms with Gasteiger partial charge in [-0.25, -0.2) is 0 Å². The van der Waals surface area contributed by atoms with Crippen LogP contribution in [0.2, 0.25) is 0 Å². The van der Waals surface area contributed by atoms with Crippen molar-refractivity contribution < 1.29 is 17.2 Å². The average Bonchev–Trinajstić information content (AvgIpc) is 2.69. The van der Waals surface area contributed by atoms with Crippen LogP contribution in [0.4, 0.5) is 0 Å². The van der Waals surface area contributed by atoms with Crippen LogP contribution in [0.3, 0.4) is 0 Å². The standard InChI is InChI=1S/C24H34O4S/c1-2-3-4-5-6-7-8-9-10-12-16-22-19-15-20-23(28-29(25,26)27)24(22)21-17-13-11-14-18-21/h11,13-15,17-20H,2-10,12,16H2,1H3,(H,25,26,27). The first-order valence-corrected chi connectivity index (χ1v) is 12.2. The maximum atomic E-state index is 11.3. The predicted molar refractivity (Wildman–Crippen MR) is 120 cm³/mol. The highest BCUT2D eigenvalue weighted by Gasteiger charge is 2.16. The van der Waals surface area contributed by atoms with Crippen molar-refractivity contribution >= 4 is 10.4 Å². The lowest BCUT2D eigenvalue weighted by molar-refractivity contribution is 0.387. The van der Waals surface area contributed by atoms with Gasteiger partial charge in [0.25, 0.3) is 0 Å². The van der Waals surface area contributed by atoms with Crippen LogP contribution in [0.5, 0.6) is 5.75 Å². The van der Waals surface area contributed by atoms with Crippen LogP contribution in [-0.4, -0.2) is 13.0 Å². The van der Waals surface area contributed by atoms with Gasteiger partial charge in [-0.05, 0) is 30.0 Å². The van der Waals surface area contributed by atoms with Crippen molar-refractivity contribution in [3.63, 3.8) is 0 Å². The summed E-state index contributed by atoms with van der Waals surface area (Å²) in [5, 5.41) is 0. The first-order chi connectivity index (χ1) is 14.0. The molecule has 0 aliphatic rings. The third kappa shape index (κ3) is 9.01. The average molecular weight is 419 g/mol. The van der Waals surface area contributed by atoms with Gasteiger partial charge in [0.05, 0.1) is 0 Å². The van der Waals surface area contributed by atoms with Crippen molar-refractivity contribution in [1.82, 2.24) is 0 Å². The molecule has 2 aromatic rings. The zero-order valence-electron chi connectivity index (χ0n) is 17.5. The second kappa shape index (κ2) is 12.7. The molecule has 2 rings (SSSR count). The van der Waals surface area contributed by atoms with Crippen LogP contribution in [-0.2, 0) is 16.8 Å². The van der Waals surface area contributed by atoms with Crippen LogP contribution in [0.1, 0.15) is 76.7 Å². The lowest BCUT2D eigenvalue weighted by Gasteiger charge is -2.14. The molecule has 0 spiro atoms. The summed E-state index contributed by atoms with van der Waals surface area (Å²) in [6.07, 6.45) is 13.6. The summed E-state index contributed by atoms with van der Waals surface area (Å²) in [5.74, 6) is 0.170. The highest BCUT2D eigenvalue weighted by molar-refractivity contribution is 7.81. The van der Waals surface area contributed by atoms with E-state index in [1.165, 1.54) is 51.4 Å². The maximum Gasteiger partial charge on any atom is 0.446 e. The first-order valence-electron chi connectivity index (χ1n) is 10.9. The fourth-order valence-electron chi connectivity index (χ4n) is 3.70. The Balaban J connectivity index is 1.92. The molecule has 0 atom stereocenters. The number of benzene rings is 2. The summed E-state index contributed by atoms with van der Waals surface area (Å²) in [6, 6.07) is 14.9. The van der Waals surface area contributed by atoms with E-state index >= 15 is 0 Å². The molecule has 0 aromatic heterocycles. The molecule has 0 aliphatic heterocycles. The quantitative estimate of drug-likeness (QED) is 0.265. The minimum atomic E-state index is -4.57. The number of unbranched alkanes of at least 4 members (excludes halogenated alkanes) is 9. The Morgan fingerprint density at radius 3 is 1.93 bits per heavy atom. The van der Waals surface area contributed by atoms with Gasteiger partial charge >= 0.3 is 10.4 Å². The second-order valence-electron chi connectivity index (χ2n) is 7.60. The fourth-order valence-corrected chi connectivity index (χ4v) is 4.07. The Bertz CT molecular complexity index is 816. The van der Waals surface area contributed by atoms with E-state index in [1.807, 2.05) is 36.4 Å². The predicted octanol–water partition coefficient (Wildman–Crippen LogP) is 7.00. The number of hydrogen-bond acceptors (Lipinski definition) is 3. The highest BCUT2D eigenvalue weighted by atomic mass is 32.3. The molecule has 0 saturated heterocycles. The van der Waals surface area contributed by atoms with Gasteiger partial charge in [0.2, 0.25) is 0 Å². The number of hydrogen-bond donors (Lipinski definition) is 1. The normalized spacial score (nSPS) is 11.5. The Labute approximate surface area is 176 Å². The lowest BCUT2D eigenvalue weighted by atomic mass is 9.94. The highest BCUT2D eigenvalue weighted by Crippen LogP contribution is 2.35. The van der Waals surface area contributed by atoms with Crippen LogP contribution < -0.4 is 4.18 Å². The molecule has 0 aliphatic carbocycles. The zero-order chi connectivity index (χ0) is 21.0. The van der Waals surface area contributed by atoms with Crippen LogP contribution >= 0.6 is 0 Å². The molecule has 160 valence electrons. The van der Waals surface area contributed by atoms with Crippen LogP contribution in [0, 0.1) is 0 Å². The van der Waals surface area contributed by atoms with Crippen molar-refractivity contribution in [2.24, 2.45) is 0 Å². The minimum absolute atomic E-state index is 0.170. The second-order valence-corrected chi connectivity index (χ2v) is 8.62. The SMILES string of the molecule is CCCCCCCCCCCCc1cccc(OS(=O)(=O)O)c1-c1ccccc1. The fraction of sp³-hybridized carbons (Fsp3) is 0.500. The molecule has 0 heterocycles. The molecular formula is C24H34O4S. The van der Waals surface area contributed by atoms with E-state index in [2.05, 4.69) is 6.92 Å². The van der Waals surface area contributed by atoms with Crippen LogP contribution in [0.25, 0.3) is 11.1 Å². The Hall–Kier alpha value is -1.85. The monoisotopic (exact) mass is 418 g/mol. The number of aryl methyl sites for hydroxylation is 1. The van der Waals surface area contributed by atoms with Gasteiger partial charge in [-0.2, -0.15) is 8.42 Å². The van der Waals surface area contributed by atoms with Crippen molar-refractivity contribution in [1.29, 1.82) is 0 Å².